The Hall–Kier alpha value is -4.31. The van der Waals surface area contributed by atoms with Crippen molar-refractivity contribution in [2.24, 2.45) is 0 Å². The Labute approximate surface area is 398 Å². The number of unbranched alkanes of at least 4 members (excludes halogenated alkanes) is 12. The lowest BCUT2D eigenvalue weighted by Gasteiger charge is -2.46. The molecule has 1 heterocycles. The highest BCUT2D eigenvalue weighted by Gasteiger charge is 2.48. The summed E-state index contributed by atoms with van der Waals surface area (Å²) in [7, 11) is 0. The highest BCUT2D eigenvalue weighted by molar-refractivity contribution is 5.68. The molecule has 0 unspecified atom stereocenters. The first-order chi connectivity index (χ1) is 32.3. The molecule has 6 atom stereocenters. The van der Waals surface area contributed by atoms with E-state index in [0.29, 0.717) is 45.9 Å². The van der Waals surface area contributed by atoms with E-state index in [1.807, 2.05) is 93.6 Å². The number of amides is 1. The Morgan fingerprint density at radius 2 is 1.00 bits per heavy atom. The van der Waals surface area contributed by atoms with E-state index in [9.17, 15) is 4.79 Å². The second-order valence-electron chi connectivity index (χ2n) is 18.9. The van der Waals surface area contributed by atoms with Crippen molar-refractivity contribution in [3.63, 3.8) is 0 Å². The number of nitrogens with one attached hydrogen (secondary N) is 1. The molecule has 0 spiro atoms. The average molecular weight is 904 g/mol. The Balaban J connectivity index is 1.33. The molecule has 8 heteroatoms. The zero-order valence-electron chi connectivity index (χ0n) is 40.7. The van der Waals surface area contributed by atoms with Gasteiger partial charge in [0.05, 0.1) is 45.2 Å². The molecule has 8 nitrogen and oxygen atoms in total. The van der Waals surface area contributed by atoms with Gasteiger partial charge < -0.3 is 33.7 Å². The fourth-order valence-electron chi connectivity index (χ4n) is 8.50. The van der Waals surface area contributed by atoms with Crippen LogP contribution in [-0.4, -0.2) is 54.9 Å². The number of benzene rings is 4. The molecule has 4 aromatic carbocycles. The lowest BCUT2D eigenvalue weighted by atomic mass is 9.90. The van der Waals surface area contributed by atoms with Crippen molar-refractivity contribution < 1.29 is 33.2 Å². The second kappa shape index (κ2) is 30.9. The van der Waals surface area contributed by atoms with Gasteiger partial charge >= 0.3 is 6.09 Å². The summed E-state index contributed by atoms with van der Waals surface area (Å²) in [6, 6.07) is 40.5. The van der Waals surface area contributed by atoms with Crippen molar-refractivity contribution in [3.8, 4) is 0 Å². The molecule has 1 aliphatic heterocycles. The number of carbonyl (C=O) groups is 1. The van der Waals surface area contributed by atoms with Crippen LogP contribution in [0.4, 0.5) is 4.79 Å². The van der Waals surface area contributed by atoms with Crippen LogP contribution < -0.4 is 5.32 Å². The highest BCUT2D eigenvalue weighted by Crippen LogP contribution is 2.33. The summed E-state index contributed by atoms with van der Waals surface area (Å²) in [5.74, 6) is 0. The fraction of sp³-hybridized carbons (Fsp3) is 0.534. The van der Waals surface area contributed by atoms with Crippen LogP contribution in [-0.2, 0) is 54.8 Å². The molecule has 66 heavy (non-hydrogen) atoms. The predicted octanol–water partition coefficient (Wildman–Crippen LogP) is 14.0. The summed E-state index contributed by atoms with van der Waals surface area (Å²) >= 11 is 0. The lowest BCUT2D eigenvalue weighted by Crippen LogP contribution is -2.61. The smallest absolute Gasteiger partial charge is 0.408 e. The molecule has 1 saturated heterocycles. The number of alkyl carbamates (subject to hydrolysis) is 1. The summed E-state index contributed by atoms with van der Waals surface area (Å²) in [5, 5.41) is 3.18. The number of ether oxygens (including phenoxy) is 6. The van der Waals surface area contributed by atoms with Crippen LogP contribution in [0.1, 0.15) is 146 Å². The van der Waals surface area contributed by atoms with Crippen molar-refractivity contribution in [1.82, 2.24) is 5.32 Å². The van der Waals surface area contributed by atoms with Gasteiger partial charge in [-0.1, -0.05) is 211 Å². The largest absolute Gasteiger partial charge is 0.444 e. The maximum atomic E-state index is 13.3. The number of hydrogen-bond acceptors (Lipinski definition) is 7. The number of allylic oxidation sites excluding steroid dienone is 1. The minimum atomic E-state index is -0.624. The summed E-state index contributed by atoms with van der Waals surface area (Å²) in [4.78, 5) is 13.3. The molecule has 0 bridgehead atoms. The zero-order chi connectivity index (χ0) is 46.5. The van der Waals surface area contributed by atoms with Crippen LogP contribution in [0, 0.1) is 0 Å². The van der Waals surface area contributed by atoms with Crippen molar-refractivity contribution in [2.75, 3.05) is 6.61 Å². The van der Waals surface area contributed by atoms with E-state index in [1.54, 1.807) is 0 Å². The fourth-order valence-corrected chi connectivity index (χ4v) is 8.50. The topological polar surface area (TPSA) is 84.5 Å². The molecular weight excluding hydrogens is 823 g/mol. The molecule has 4 aromatic rings. The van der Waals surface area contributed by atoms with E-state index in [-0.39, 0.29) is 6.04 Å². The van der Waals surface area contributed by atoms with Crippen LogP contribution in [0.2, 0.25) is 0 Å². The van der Waals surface area contributed by atoms with Gasteiger partial charge in [0.25, 0.3) is 0 Å². The standard InChI is InChI=1S/C58H81NO7/c1-5-6-7-8-9-10-11-12-13-14-15-16-17-30-39-51(59-57(60)66-58(2,3)4)40-41-52-54(62-43-48-33-24-19-25-34-48)56(64-45-50-37-28-21-29-38-50)55(63-44-49-35-26-20-27-36-49)53(65-52)46-61-42-47-31-22-18-23-32-47/h18-39,51-56H,5-17,40-46H2,1-4H3,(H,59,60)/b39-30+/t51-,52+,53-,54+,55+,56-/m1/s1. The van der Waals surface area contributed by atoms with Crippen LogP contribution in [0.3, 0.4) is 0 Å². The first-order valence-electron chi connectivity index (χ1n) is 25.2. The second-order valence-corrected chi connectivity index (χ2v) is 18.9. The predicted molar refractivity (Wildman–Crippen MR) is 267 cm³/mol. The molecule has 0 radical (unpaired) electrons. The quantitative estimate of drug-likeness (QED) is 0.0398. The monoisotopic (exact) mass is 904 g/mol. The molecule has 1 N–H and O–H groups in total. The van der Waals surface area contributed by atoms with Gasteiger partial charge in [-0.05, 0) is 68.7 Å². The number of hydrogen-bond donors (Lipinski definition) is 1. The third-order valence-corrected chi connectivity index (χ3v) is 12.0. The van der Waals surface area contributed by atoms with Crippen molar-refractivity contribution in [2.45, 2.75) is 193 Å². The van der Waals surface area contributed by atoms with Gasteiger partial charge in [-0.25, -0.2) is 4.79 Å². The summed E-state index contributed by atoms with van der Waals surface area (Å²) < 4.78 is 40.2. The minimum Gasteiger partial charge on any atom is -0.444 e. The van der Waals surface area contributed by atoms with E-state index < -0.39 is 42.2 Å². The summed E-state index contributed by atoms with van der Waals surface area (Å²) in [5.41, 5.74) is 3.62. The van der Waals surface area contributed by atoms with Crippen LogP contribution in [0.5, 0.6) is 0 Å². The molecule has 0 saturated carbocycles. The van der Waals surface area contributed by atoms with Crippen LogP contribution >= 0.6 is 0 Å². The third-order valence-electron chi connectivity index (χ3n) is 12.0. The first-order valence-corrected chi connectivity index (χ1v) is 25.2. The number of carbonyl (C=O) groups excluding carboxylic acids is 1. The molecule has 0 aliphatic carbocycles. The molecule has 0 aromatic heterocycles. The SMILES string of the molecule is CCCCCCCCCCCCCC/C=C/[C@H](CC[C@@H]1O[C@H](COCc2ccccc2)[C@H](OCc2ccccc2)[C@H](OCc2ccccc2)[C@H]1OCc1ccccc1)NC(=O)OC(C)(C)C. The van der Waals surface area contributed by atoms with Gasteiger partial charge in [-0.3, -0.25) is 0 Å². The third kappa shape index (κ3) is 21.1. The molecule has 1 amide bonds. The van der Waals surface area contributed by atoms with E-state index in [2.05, 4.69) is 72.9 Å². The molecule has 360 valence electrons. The van der Waals surface area contributed by atoms with Crippen molar-refractivity contribution in [1.29, 1.82) is 0 Å². The normalized spacial score (nSPS) is 19.2. The maximum absolute atomic E-state index is 13.3. The van der Waals surface area contributed by atoms with Crippen LogP contribution in [0.25, 0.3) is 0 Å². The van der Waals surface area contributed by atoms with Gasteiger partial charge in [-0.15, -0.1) is 0 Å². The van der Waals surface area contributed by atoms with Gasteiger partial charge in [-0.2, -0.15) is 0 Å². The van der Waals surface area contributed by atoms with E-state index in [4.69, 9.17) is 28.4 Å². The van der Waals surface area contributed by atoms with Crippen molar-refractivity contribution in [3.05, 3.63) is 156 Å². The summed E-state index contributed by atoms with van der Waals surface area (Å²) in [6.07, 6.45) is 19.5. The van der Waals surface area contributed by atoms with E-state index >= 15 is 0 Å². The molecule has 5 rings (SSSR count). The Morgan fingerprint density at radius 1 is 0.576 bits per heavy atom. The Kier molecular flexibility index (Phi) is 24.6. The molecular formula is C58H81NO7. The highest BCUT2D eigenvalue weighted by atomic mass is 16.6. The minimum absolute atomic E-state index is 0.279. The maximum Gasteiger partial charge on any atom is 0.408 e. The Bertz CT molecular complexity index is 1850. The first kappa shape index (κ1) is 52.7. The lowest BCUT2D eigenvalue weighted by molar-refractivity contribution is -0.273. The molecule has 1 fully saturated rings. The summed E-state index contributed by atoms with van der Waals surface area (Å²) in [6.45, 7) is 9.79. The van der Waals surface area contributed by atoms with Gasteiger partial charge in [0, 0.05) is 0 Å². The van der Waals surface area contributed by atoms with E-state index in [1.165, 1.54) is 70.6 Å². The molecule has 1 aliphatic rings. The van der Waals surface area contributed by atoms with E-state index in [0.717, 1.165) is 35.1 Å². The van der Waals surface area contributed by atoms with Gasteiger partial charge in [0.2, 0.25) is 0 Å². The van der Waals surface area contributed by atoms with Crippen LogP contribution in [0.15, 0.2) is 133 Å². The average Bonchev–Trinajstić information content (AvgIpc) is 3.32. The number of rotatable bonds is 31. The Morgan fingerprint density at radius 3 is 1.47 bits per heavy atom. The zero-order valence-corrected chi connectivity index (χ0v) is 40.7. The van der Waals surface area contributed by atoms with Crippen molar-refractivity contribution >= 4 is 6.09 Å². The van der Waals surface area contributed by atoms with Gasteiger partial charge in [0.1, 0.15) is 30.0 Å². The van der Waals surface area contributed by atoms with Gasteiger partial charge in [0.15, 0.2) is 0 Å².